The molecule has 10 nitrogen and oxygen atoms in total. The summed E-state index contributed by atoms with van der Waals surface area (Å²) < 4.78 is 57.3. The molecule has 0 aromatic heterocycles. The molecule has 202 valence electrons. The van der Waals surface area contributed by atoms with E-state index in [9.17, 15) is 21.9 Å². The quantitative estimate of drug-likeness (QED) is 0.471. The van der Waals surface area contributed by atoms with Crippen LogP contribution in [-0.4, -0.2) is 99.8 Å². The second-order valence-electron chi connectivity index (χ2n) is 8.40. The minimum Gasteiger partial charge on any atom is -0.497 e. The summed E-state index contributed by atoms with van der Waals surface area (Å²) in [5.41, 5.74) is 2.80. The van der Waals surface area contributed by atoms with Crippen molar-refractivity contribution >= 4 is 32.0 Å². The molecule has 4 rings (SSSR count). The molecule has 3 N–H and O–H groups in total. The number of hydrogen-bond acceptors (Lipinski definition) is 9. The lowest BCUT2D eigenvalue weighted by Gasteiger charge is -2.39. The topological polar surface area (TPSA) is 145 Å². The van der Waals surface area contributed by atoms with Gasteiger partial charge in [0, 0.05) is 48.6 Å². The predicted molar refractivity (Wildman–Crippen MR) is 140 cm³/mol. The smallest absolute Gasteiger partial charge is 0.261 e. The summed E-state index contributed by atoms with van der Waals surface area (Å²) in [5, 5.41) is 9.20. The van der Waals surface area contributed by atoms with Crippen LogP contribution in [0.5, 0.6) is 5.75 Å². The molecule has 1 fully saturated rings. The number of β-amino-alcohol motifs (C(OH)–C–C–N with tert-alkyl or cyclic N) is 1. The fraction of sp³-hybridized carbons (Fsp3) is 0.478. The highest BCUT2D eigenvalue weighted by Gasteiger charge is 2.30. The Morgan fingerprint density at radius 2 is 1.53 bits per heavy atom. The highest BCUT2D eigenvalue weighted by Crippen LogP contribution is 2.44. The third kappa shape index (κ3) is 11.1. The molecule has 13 heteroatoms. The monoisotopic (exact) mass is 562 g/mol. The summed E-state index contributed by atoms with van der Waals surface area (Å²) in [6.07, 6.45) is 2.46. The first-order valence-electron chi connectivity index (χ1n) is 11.1. The Hall–Kier alpha value is -1.71. The molecule has 2 aromatic carbocycles. The number of fused-ring (bicyclic) bond motifs is 2. The molecule has 1 saturated heterocycles. The molecule has 36 heavy (non-hydrogen) atoms. The molecular weight excluding hydrogens is 528 g/mol. The molecule has 2 aliphatic rings. The van der Waals surface area contributed by atoms with Crippen LogP contribution in [0.4, 0.5) is 0 Å². The average molecular weight is 563 g/mol. The van der Waals surface area contributed by atoms with Crippen LogP contribution in [0.2, 0.25) is 0 Å². The average Bonchev–Trinajstić information content (AvgIpc) is 2.94. The van der Waals surface area contributed by atoms with Gasteiger partial charge in [-0.1, -0.05) is 30.0 Å². The molecule has 1 atom stereocenters. The van der Waals surface area contributed by atoms with Crippen molar-refractivity contribution in [2.45, 2.75) is 22.3 Å². The van der Waals surface area contributed by atoms with Crippen LogP contribution in [-0.2, 0) is 26.7 Å². The minimum absolute atomic E-state index is 0.244. The first-order valence-corrected chi connectivity index (χ1v) is 15.7. The molecule has 0 spiro atoms. The second-order valence-corrected chi connectivity index (χ2v) is 12.4. The van der Waals surface area contributed by atoms with Gasteiger partial charge in [0.05, 0.1) is 26.2 Å². The van der Waals surface area contributed by atoms with Gasteiger partial charge in [0.15, 0.2) is 0 Å². The standard InChI is InChI=1S/C21H26N2O2S.2CH4O3S/c1-25-17-6-7-21-18(15-17)19(14-16-4-2-3-5-20(16)26-21)23-10-8-22(9-11-23)12-13-24;2*1-5(2,3)4/h2-7,15,19,24H,8-14H2,1H3;2*1H3,(H,2,3,4). The van der Waals surface area contributed by atoms with Crippen LogP contribution in [0, 0.1) is 0 Å². The molecular formula is C23H34N2O8S3. The van der Waals surface area contributed by atoms with Gasteiger partial charge in [-0.3, -0.25) is 18.9 Å². The first-order chi connectivity index (χ1) is 16.8. The van der Waals surface area contributed by atoms with Crippen molar-refractivity contribution in [1.29, 1.82) is 0 Å². The zero-order chi connectivity index (χ0) is 26.9. The van der Waals surface area contributed by atoms with Gasteiger partial charge in [0.25, 0.3) is 20.2 Å². The molecule has 1 unspecified atom stereocenters. The molecule has 0 aliphatic carbocycles. The van der Waals surface area contributed by atoms with Gasteiger partial charge in [-0.25, -0.2) is 0 Å². The fourth-order valence-corrected chi connectivity index (χ4v) is 5.10. The largest absolute Gasteiger partial charge is 0.497 e. The lowest BCUT2D eigenvalue weighted by molar-refractivity contribution is 0.0822. The van der Waals surface area contributed by atoms with Crippen LogP contribution in [0.3, 0.4) is 0 Å². The van der Waals surface area contributed by atoms with Gasteiger partial charge in [0.1, 0.15) is 5.75 Å². The van der Waals surface area contributed by atoms with Gasteiger partial charge in [-0.15, -0.1) is 0 Å². The molecule has 2 aromatic rings. The summed E-state index contributed by atoms with van der Waals surface area (Å²) >= 11 is 1.87. The molecule has 0 bridgehead atoms. The Kier molecular flexibility index (Phi) is 11.6. The Morgan fingerprint density at radius 3 is 2.08 bits per heavy atom. The molecule has 2 aliphatic heterocycles. The third-order valence-electron chi connectivity index (χ3n) is 5.45. The summed E-state index contributed by atoms with van der Waals surface area (Å²) in [6, 6.07) is 15.6. The van der Waals surface area contributed by atoms with E-state index in [1.54, 1.807) is 7.11 Å². The van der Waals surface area contributed by atoms with E-state index in [4.69, 9.17) is 13.8 Å². The Balaban J connectivity index is 0.000000389. The number of ether oxygens (including phenoxy) is 1. The number of aliphatic hydroxyl groups is 1. The number of nitrogens with zero attached hydrogens (tertiary/aromatic N) is 2. The highest BCUT2D eigenvalue weighted by atomic mass is 32.2. The van der Waals surface area contributed by atoms with E-state index in [-0.39, 0.29) is 6.61 Å². The van der Waals surface area contributed by atoms with E-state index in [0.717, 1.165) is 44.9 Å². The predicted octanol–water partition coefficient (Wildman–Crippen LogP) is 2.06. The van der Waals surface area contributed by atoms with E-state index in [0.29, 0.717) is 18.6 Å². The van der Waals surface area contributed by atoms with Crippen LogP contribution >= 0.6 is 11.8 Å². The van der Waals surface area contributed by atoms with Crippen molar-refractivity contribution in [2.24, 2.45) is 0 Å². The molecule has 0 saturated carbocycles. The second kappa shape index (κ2) is 13.7. The van der Waals surface area contributed by atoms with Gasteiger partial charge in [-0.05, 0) is 41.8 Å². The van der Waals surface area contributed by atoms with E-state index >= 15 is 0 Å². The van der Waals surface area contributed by atoms with Gasteiger partial charge in [-0.2, -0.15) is 16.8 Å². The van der Waals surface area contributed by atoms with Crippen molar-refractivity contribution in [3.05, 3.63) is 53.6 Å². The summed E-state index contributed by atoms with van der Waals surface area (Å²) in [6.45, 7) is 5.13. The fourth-order valence-electron chi connectivity index (χ4n) is 3.98. The maximum atomic E-state index is 9.20. The number of hydrogen-bond donors (Lipinski definition) is 3. The molecule has 2 heterocycles. The van der Waals surface area contributed by atoms with Crippen molar-refractivity contribution in [1.82, 2.24) is 9.80 Å². The summed E-state index contributed by atoms with van der Waals surface area (Å²) in [7, 11) is -5.59. The van der Waals surface area contributed by atoms with E-state index in [2.05, 4.69) is 52.3 Å². The van der Waals surface area contributed by atoms with Crippen LogP contribution in [0.25, 0.3) is 0 Å². The number of aliphatic hydroxyl groups excluding tert-OH is 1. The van der Waals surface area contributed by atoms with Crippen LogP contribution in [0.1, 0.15) is 17.2 Å². The maximum absolute atomic E-state index is 9.20. The maximum Gasteiger partial charge on any atom is 0.261 e. The van der Waals surface area contributed by atoms with Crippen molar-refractivity contribution in [2.75, 3.05) is 59.0 Å². The lowest BCUT2D eigenvalue weighted by Crippen LogP contribution is -2.48. The van der Waals surface area contributed by atoms with E-state index in [1.807, 2.05) is 11.8 Å². The zero-order valence-corrected chi connectivity index (χ0v) is 23.0. The number of benzene rings is 2. The highest BCUT2D eigenvalue weighted by molar-refractivity contribution is 7.99. The van der Waals surface area contributed by atoms with Gasteiger partial charge in [0.2, 0.25) is 0 Å². The Morgan fingerprint density at radius 1 is 0.944 bits per heavy atom. The normalized spacial score (nSPS) is 18.3. The van der Waals surface area contributed by atoms with Crippen LogP contribution in [0.15, 0.2) is 52.3 Å². The summed E-state index contributed by atoms with van der Waals surface area (Å²) in [5.74, 6) is 0.930. The van der Waals surface area contributed by atoms with Crippen molar-refractivity contribution in [3.63, 3.8) is 0 Å². The Bertz CT molecular complexity index is 1150. The number of methoxy groups -OCH3 is 1. The SMILES string of the molecule is COc1ccc2c(c1)C(N1CCN(CCO)CC1)Cc1ccccc1S2.CS(=O)(=O)O.CS(=O)(=O)O. The van der Waals surface area contributed by atoms with Gasteiger partial charge >= 0.3 is 0 Å². The lowest BCUT2D eigenvalue weighted by atomic mass is 9.96. The molecule has 0 radical (unpaired) electrons. The van der Waals surface area contributed by atoms with E-state index in [1.165, 1.54) is 20.9 Å². The Labute approximate surface area is 217 Å². The molecule has 0 amide bonds. The third-order valence-corrected chi connectivity index (χ3v) is 6.66. The zero-order valence-electron chi connectivity index (χ0n) is 20.6. The summed E-state index contributed by atoms with van der Waals surface area (Å²) in [4.78, 5) is 7.65. The van der Waals surface area contributed by atoms with Gasteiger partial charge < -0.3 is 9.84 Å². The van der Waals surface area contributed by atoms with E-state index < -0.39 is 20.2 Å². The van der Waals surface area contributed by atoms with Crippen molar-refractivity contribution in [3.8, 4) is 5.75 Å². The van der Waals surface area contributed by atoms with Crippen molar-refractivity contribution < 1.29 is 35.8 Å². The number of rotatable bonds is 4. The minimum atomic E-state index is -3.67. The number of piperazine rings is 1. The van der Waals surface area contributed by atoms with Crippen LogP contribution < -0.4 is 4.74 Å². The first kappa shape index (κ1) is 30.5.